The van der Waals surface area contributed by atoms with Crippen molar-refractivity contribution in [2.24, 2.45) is 0 Å². The van der Waals surface area contributed by atoms with Gasteiger partial charge >= 0.3 is 0 Å². The summed E-state index contributed by atoms with van der Waals surface area (Å²) >= 11 is 8.78. The number of hydrogen-bond donors (Lipinski definition) is 1. The number of nitrogens with zero attached hydrogens (tertiary/aromatic N) is 1. The second-order valence-corrected chi connectivity index (χ2v) is 5.78. The van der Waals surface area contributed by atoms with Crippen molar-refractivity contribution in [1.29, 1.82) is 0 Å². The summed E-state index contributed by atoms with van der Waals surface area (Å²) in [7, 11) is 0. The van der Waals surface area contributed by atoms with Crippen LogP contribution in [0.4, 0.5) is 4.39 Å². The third-order valence-corrected chi connectivity index (χ3v) is 3.90. The van der Waals surface area contributed by atoms with Crippen molar-refractivity contribution in [3.8, 4) is 11.4 Å². The van der Waals surface area contributed by atoms with Gasteiger partial charge in [0, 0.05) is 10.5 Å². The molecule has 6 heteroatoms. The molecule has 3 nitrogen and oxygen atoms in total. The first-order valence-corrected chi connectivity index (χ1v) is 7.63. The van der Waals surface area contributed by atoms with Crippen molar-refractivity contribution in [3.63, 3.8) is 0 Å². The lowest BCUT2D eigenvalue weighted by atomic mass is 10.2. The summed E-state index contributed by atoms with van der Waals surface area (Å²) in [6, 6.07) is 10.6. The van der Waals surface area contributed by atoms with Gasteiger partial charge in [-0.05, 0) is 49.5 Å². The highest BCUT2D eigenvalue weighted by Crippen LogP contribution is 2.26. The van der Waals surface area contributed by atoms with Crippen molar-refractivity contribution >= 4 is 39.2 Å². The van der Waals surface area contributed by atoms with Gasteiger partial charge in [0.25, 0.3) is 0 Å². The van der Waals surface area contributed by atoms with Crippen LogP contribution >= 0.6 is 28.1 Å². The maximum atomic E-state index is 14.0. The normalized spacial score (nSPS) is 11.0. The monoisotopic (exact) mass is 366 g/mol. The van der Waals surface area contributed by atoms with Gasteiger partial charge in [-0.1, -0.05) is 15.9 Å². The van der Waals surface area contributed by atoms with Gasteiger partial charge in [-0.3, -0.25) is 4.57 Å². The van der Waals surface area contributed by atoms with Crippen LogP contribution in [-0.2, 0) is 0 Å². The van der Waals surface area contributed by atoms with Crippen molar-refractivity contribution < 1.29 is 9.13 Å². The predicted octanol–water partition coefficient (Wildman–Crippen LogP) is 4.99. The van der Waals surface area contributed by atoms with Gasteiger partial charge in [-0.15, -0.1) is 0 Å². The first-order valence-electron chi connectivity index (χ1n) is 6.43. The SMILES string of the molecule is CCOc1ccc(-n2c(=S)[nH]c3ccc(Br)cc32)cc1F. The standard InChI is InChI=1S/C15H12BrFN2OS/c1-2-20-14-6-4-10(8-11(14)17)19-13-7-9(16)3-5-12(13)18-15(19)21/h3-8H,2H2,1H3,(H,18,21). The molecule has 0 fully saturated rings. The number of aromatic nitrogens is 2. The lowest BCUT2D eigenvalue weighted by molar-refractivity contribution is 0.321. The molecule has 0 amide bonds. The number of ether oxygens (including phenoxy) is 1. The average molecular weight is 367 g/mol. The van der Waals surface area contributed by atoms with E-state index in [4.69, 9.17) is 17.0 Å². The van der Waals surface area contributed by atoms with Crippen LogP contribution < -0.4 is 4.74 Å². The van der Waals surface area contributed by atoms with Gasteiger partial charge < -0.3 is 9.72 Å². The summed E-state index contributed by atoms with van der Waals surface area (Å²) in [4.78, 5) is 3.12. The molecule has 0 bridgehead atoms. The number of hydrogen-bond acceptors (Lipinski definition) is 2. The van der Waals surface area contributed by atoms with Gasteiger partial charge in [-0.25, -0.2) is 4.39 Å². The van der Waals surface area contributed by atoms with Gasteiger partial charge in [0.05, 0.1) is 23.3 Å². The summed E-state index contributed by atoms with van der Waals surface area (Å²) in [5.74, 6) is -0.158. The molecule has 0 radical (unpaired) electrons. The molecule has 2 aromatic carbocycles. The van der Waals surface area contributed by atoms with E-state index in [1.165, 1.54) is 6.07 Å². The van der Waals surface area contributed by atoms with Crippen molar-refractivity contribution in [1.82, 2.24) is 9.55 Å². The maximum Gasteiger partial charge on any atom is 0.182 e. The van der Waals surface area contributed by atoms with E-state index in [-0.39, 0.29) is 5.75 Å². The third-order valence-electron chi connectivity index (χ3n) is 3.12. The fourth-order valence-electron chi connectivity index (χ4n) is 2.23. The molecule has 0 saturated carbocycles. The van der Waals surface area contributed by atoms with Crippen LogP contribution in [0.25, 0.3) is 16.7 Å². The molecule has 0 atom stereocenters. The van der Waals surface area contributed by atoms with E-state index in [9.17, 15) is 4.39 Å². The highest BCUT2D eigenvalue weighted by Gasteiger charge is 2.10. The van der Waals surface area contributed by atoms with Crippen molar-refractivity contribution in [2.75, 3.05) is 6.61 Å². The van der Waals surface area contributed by atoms with E-state index in [1.807, 2.05) is 25.1 Å². The zero-order valence-corrected chi connectivity index (χ0v) is 13.6. The molecule has 108 valence electrons. The van der Waals surface area contributed by atoms with Gasteiger partial charge in [-0.2, -0.15) is 0 Å². The molecular weight excluding hydrogens is 355 g/mol. The summed E-state index contributed by atoms with van der Waals surface area (Å²) in [6.45, 7) is 2.25. The van der Waals surface area contributed by atoms with Crippen molar-refractivity contribution in [2.45, 2.75) is 6.92 Å². The third kappa shape index (κ3) is 2.61. The predicted molar refractivity (Wildman–Crippen MR) is 87.3 cm³/mol. The number of rotatable bonds is 3. The largest absolute Gasteiger partial charge is 0.491 e. The Morgan fingerprint density at radius 3 is 2.81 bits per heavy atom. The Balaban J connectivity index is 2.20. The number of imidazole rings is 1. The number of fused-ring (bicyclic) bond motifs is 1. The molecule has 0 saturated heterocycles. The van der Waals surface area contributed by atoms with Crippen molar-refractivity contribution in [3.05, 3.63) is 51.5 Å². The minimum absolute atomic E-state index is 0.244. The number of aromatic amines is 1. The summed E-state index contributed by atoms with van der Waals surface area (Å²) < 4.78 is 22.5. The van der Waals surface area contributed by atoms with E-state index >= 15 is 0 Å². The van der Waals surface area contributed by atoms with Gasteiger partial charge in [0.1, 0.15) is 0 Å². The fourth-order valence-corrected chi connectivity index (χ4v) is 2.90. The van der Waals surface area contributed by atoms with Gasteiger partial charge in [0.15, 0.2) is 16.3 Å². The second-order valence-electron chi connectivity index (χ2n) is 4.47. The lowest BCUT2D eigenvalue weighted by Crippen LogP contribution is -1.98. The Kier molecular flexibility index (Phi) is 3.82. The molecule has 0 aliphatic rings. The average Bonchev–Trinajstić information content (AvgIpc) is 2.76. The van der Waals surface area contributed by atoms with Crippen LogP contribution in [0.2, 0.25) is 0 Å². The quantitative estimate of drug-likeness (QED) is 0.661. The van der Waals surface area contributed by atoms with E-state index in [2.05, 4.69) is 20.9 Å². The summed E-state index contributed by atoms with van der Waals surface area (Å²) in [5, 5.41) is 0. The van der Waals surface area contributed by atoms with Crippen LogP contribution in [0.1, 0.15) is 6.92 Å². The Bertz CT molecular complexity index is 872. The zero-order chi connectivity index (χ0) is 15.0. The lowest BCUT2D eigenvalue weighted by Gasteiger charge is -2.08. The first-order chi connectivity index (χ1) is 10.1. The van der Waals surface area contributed by atoms with Crippen LogP contribution in [0, 0.1) is 10.6 Å². The fraction of sp³-hybridized carbons (Fsp3) is 0.133. The number of H-pyrrole nitrogens is 1. The summed E-state index contributed by atoms with van der Waals surface area (Å²) in [6.07, 6.45) is 0. The number of halogens is 2. The van der Waals surface area contributed by atoms with Gasteiger partial charge in [0.2, 0.25) is 0 Å². The smallest absolute Gasteiger partial charge is 0.182 e. The van der Waals surface area contributed by atoms with Crippen LogP contribution in [0.3, 0.4) is 0 Å². The molecule has 0 spiro atoms. The second kappa shape index (κ2) is 5.61. The van der Waals surface area contributed by atoms with E-state index in [0.29, 0.717) is 17.1 Å². The zero-order valence-electron chi connectivity index (χ0n) is 11.2. The number of nitrogens with one attached hydrogen (secondary N) is 1. The highest BCUT2D eigenvalue weighted by atomic mass is 79.9. The Labute approximate surface area is 134 Å². The molecule has 3 rings (SSSR count). The van der Waals surface area contributed by atoms with E-state index in [1.54, 1.807) is 16.7 Å². The molecule has 21 heavy (non-hydrogen) atoms. The Morgan fingerprint density at radius 1 is 1.29 bits per heavy atom. The Morgan fingerprint density at radius 2 is 2.10 bits per heavy atom. The maximum absolute atomic E-state index is 14.0. The minimum Gasteiger partial charge on any atom is -0.491 e. The highest BCUT2D eigenvalue weighted by molar-refractivity contribution is 9.10. The van der Waals surface area contributed by atoms with Crippen LogP contribution in [0.5, 0.6) is 5.75 Å². The number of benzene rings is 2. The summed E-state index contributed by atoms with van der Waals surface area (Å²) in [5.41, 5.74) is 2.45. The molecule has 1 heterocycles. The minimum atomic E-state index is -0.402. The Hall–Kier alpha value is -1.66. The van der Waals surface area contributed by atoms with E-state index < -0.39 is 5.82 Å². The molecule has 0 aliphatic carbocycles. The molecule has 0 aliphatic heterocycles. The molecule has 0 unspecified atom stereocenters. The molecule has 3 aromatic rings. The molecule has 1 N–H and O–H groups in total. The molecule has 1 aromatic heterocycles. The topological polar surface area (TPSA) is 29.9 Å². The van der Waals surface area contributed by atoms with Crippen LogP contribution in [-0.4, -0.2) is 16.2 Å². The van der Waals surface area contributed by atoms with E-state index in [0.717, 1.165) is 15.5 Å². The first kappa shape index (κ1) is 14.3. The van der Waals surface area contributed by atoms with Crippen LogP contribution in [0.15, 0.2) is 40.9 Å². The molecular formula is C15H12BrFN2OS.